The van der Waals surface area contributed by atoms with Crippen LogP contribution in [0.15, 0.2) is 48.8 Å². The Morgan fingerprint density at radius 1 is 1.24 bits per heavy atom. The maximum Gasteiger partial charge on any atom is 0.253 e. The largest absolute Gasteiger partial charge is 0.338 e. The smallest absolute Gasteiger partial charge is 0.253 e. The number of anilines is 1. The number of halogens is 1. The Bertz CT molecular complexity index is 809. The molecule has 1 N–H and O–H groups in total. The summed E-state index contributed by atoms with van der Waals surface area (Å²) in [6.07, 6.45) is 5.02. The van der Waals surface area contributed by atoms with E-state index in [0.717, 1.165) is 12.8 Å². The lowest BCUT2D eigenvalue weighted by Crippen LogP contribution is -2.29. The Balaban J connectivity index is 1.39. The average Bonchev–Trinajstić information content (AvgIpc) is 3.16. The zero-order valence-electron chi connectivity index (χ0n) is 13.6. The minimum absolute atomic E-state index is 0.00635. The second-order valence-corrected chi connectivity index (χ2v) is 7.27. The number of amides is 2. The van der Waals surface area contributed by atoms with Crippen LogP contribution in [-0.4, -0.2) is 34.8 Å². The van der Waals surface area contributed by atoms with Crippen molar-refractivity contribution in [2.75, 3.05) is 18.4 Å². The maximum atomic E-state index is 12.6. The van der Waals surface area contributed by atoms with Crippen LogP contribution in [-0.2, 0) is 4.79 Å². The highest BCUT2D eigenvalue weighted by atomic mass is 35.5. The molecule has 128 valence electrons. The fourth-order valence-corrected chi connectivity index (χ4v) is 3.81. The number of likely N-dealkylation sites (tertiary alicyclic amines) is 1. The maximum absolute atomic E-state index is 12.6. The van der Waals surface area contributed by atoms with Crippen LogP contribution in [0.5, 0.6) is 0 Å². The lowest BCUT2D eigenvalue weighted by Gasteiger charge is -2.17. The molecule has 4 rings (SSSR count). The summed E-state index contributed by atoms with van der Waals surface area (Å²) in [6.45, 7) is 1.33. The number of nitrogens with one attached hydrogen (secondary N) is 1. The van der Waals surface area contributed by atoms with E-state index >= 15 is 0 Å². The molecule has 2 unspecified atom stereocenters. The number of carbonyl (C=O) groups is 2. The number of rotatable bonds is 3. The third kappa shape index (κ3) is 3.12. The zero-order chi connectivity index (χ0) is 17.4. The molecule has 1 spiro atoms. The Labute approximate surface area is 151 Å². The van der Waals surface area contributed by atoms with Crippen LogP contribution in [0.3, 0.4) is 0 Å². The van der Waals surface area contributed by atoms with E-state index in [9.17, 15) is 9.59 Å². The quantitative estimate of drug-likeness (QED) is 0.919. The minimum Gasteiger partial charge on any atom is -0.338 e. The van der Waals surface area contributed by atoms with Gasteiger partial charge in [-0.3, -0.25) is 14.6 Å². The second kappa shape index (κ2) is 6.15. The lowest BCUT2D eigenvalue weighted by molar-refractivity contribution is -0.118. The van der Waals surface area contributed by atoms with Gasteiger partial charge in [0.25, 0.3) is 5.91 Å². The third-order valence-electron chi connectivity index (χ3n) is 5.20. The van der Waals surface area contributed by atoms with Crippen molar-refractivity contribution < 1.29 is 9.59 Å². The number of nitrogens with zero attached hydrogens (tertiary/aromatic N) is 2. The first-order chi connectivity index (χ1) is 12.1. The van der Waals surface area contributed by atoms with Gasteiger partial charge in [0, 0.05) is 41.2 Å². The van der Waals surface area contributed by atoms with E-state index < -0.39 is 0 Å². The van der Waals surface area contributed by atoms with Crippen LogP contribution in [0.1, 0.15) is 23.2 Å². The molecule has 2 aliphatic rings. The first kappa shape index (κ1) is 16.1. The molecule has 25 heavy (non-hydrogen) atoms. The van der Waals surface area contributed by atoms with Crippen LogP contribution in [0.2, 0.25) is 5.02 Å². The SMILES string of the molecule is O=C(Nc1cccnc1)C1CC12CCN(C(=O)c1ccc(Cl)cc1)C2. The van der Waals surface area contributed by atoms with Gasteiger partial charge in [0.15, 0.2) is 0 Å². The average molecular weight is 356 g/mol. The van der Waals surface area contributed by atoms with E-state index in [1.165, 1.54) is 0 Å². The van der Waals surface area contributed by atoms with E-state index in [-0.39, 0.29) is 23.1 Å². The van der Waals surface area contributed by atoms with Crippen LogP contribution in [0.25, 0.3) is 0 Å². The minimum atomic E-state index is -0.0611. The number of aromatic nitrogens is 1. The summed E-state index contributed by atoms with van der Waals surface area (Å²) in [6, 6.07) is 10.6. The standard InChI is InChI=1S/C19H18ClN3O2/c20-14-5-3-13(4-6-14)18(25)23-9-7-19(12-23)10-16(19)17(24)22-15-2-1-8-21-11-15/h1-6,8,11,16H,7,9-10,12H2,(H,22,24). The molecule has 2 fully saturated rings. The molecule has 0 bridgehead atoms. The number of carbonyl (C=O) groups excluding carboxylic acids is 2. The number of benzene rings is 1. The van der Waals surface area contributed by atoms with Crippen molar-refractivity contribution in [2.24, 2.45) is 11.3 Å². The van der Waals surface area contributed by atoms with Crippen LogP contribution >= 0.6 is 11.6 Å². The summed E-state index contributed by atoms with van der Waals surface area (Å²) < 4.78 is 0. The molecule has 2 aromatic rings. The van der Waals surface area contributed by atoms with Gasteiger partial charge in [-0.25, -0.2) is 0 Å². The van der Waals surface area contributed by atoms with Gasteiger partial charge in [-0.2, -0.15) is 0 Å². The fourth-order valence-electron chi connectivity index (χ4n) is 3.68. The lowest BCUT2D eigenvalue weighted by atomic mass is 10.0. The summed E-state index contributed by atoms with van der Waals surface area (Å²) in [5, 5.41) is 3.53. The monoisotopic (exact) mass is 355 g/mol. The number of pyridine rings is 1. The Kier molecular flexibility index (Phi) is 3.96. The Morgan fingerprint density at radius 2 is 2.04 bits per heavy atom. The van der Waals surface area contributed by atoms with Crippen LogP contribution in [0, 0.1) is 11.3 Å². The Morgan fingerprint density at radius 3 is 2.76 bits per heavy atom. The summed E-state index contributed by atoms with van der Waals surface area (Å²) >= 11 is 5.88. The van der Waals surface area contributed by atoms with Crippen LogP contribution < -0.4 is 5.32 Å². The molecule has 1 aromatic heterocycles. The van der Waals surface area contributed by atoms with Crippen molar-refractivity contribution in [3.05, 3.63) is 59.4 Å². The molecule has 0 radical (unpaired) electrons. The van der Waals surface area contributed by atoms with Crippen molar-refractivity contribution in [1.82, 2.24) is 9.88 Å². The van der Waals surface area contributed by atoms with E-state index in [4.69, 9.17) is 11.6 Å². The van der Waals surface area contributed by atoms with E-state index in [1.807, 2.05) is 11.0 Å². The number of hydrogen-bond donors (Lipinski definition) is 1. The fraction of sp³-hybridized carbons (Fsp3) is 0.316. The predicted molar refractivity (Wildman–Crippen MR) is 95.4 cm³/mol. The molecule has 1 aliphatic heterocycles. The topological polar surface area (TPSA) is 62.3 Å². The molecule has 2 atom stereocenters. The molecule has 6 heteroatoms. The van der Waals surface area contributed by atoms with Gasteiger partial charge in [-0.05, 0) is 49.2 Å². The van der Waals surface area contributed by atoms with Gasteiger partial charge in [0.05, 0.1) is 11.9 Å². The molecule has 2 amide bonds. The van der Waals surface area contributed by atoms with E-state index in [1.54, 1.807) is 42.7 Å². The van der Waals surface area contributed by atoms with Gasteiger partial charge in [-0.15, -0.1) is 0 Å². The predicted octanol–water partition coefficient (Wildman–Crippen LogP) is 3.23. The summed E-state index contributed by atoms with van der Waals surface area (Å²) in [5.74, 6) is -0.00336. The summed E-state index contributed by atoms with van der Waals surface area (Å²) in [7, 11) is 0. The molecule has 5 nitrogen and oxygen atoms in total. The first-order valence-electron chi connectivity index (χ1n) is 8.33. The highest BCUT2D eigenvalue weighted by Crippen LogP contribution is 2.58. The van der Waals surface area contributed by atoms with Gasteiger partial charge in [0.2, 0.25) is 5.91 Å². The summed E-state index contributed by atoms with van der Waals surface area (Å²) in [5.41, 5.74) is 1.29. The van der Waals surface area contributed by atoms with Crippen molar-refractivity contribution >= 4 is 29.1 Å². The highest BCUT2D eigenvalue weighted by molar-refractivity contribution is 6.30. The molecule has 1 aromatic carbocycles. The Hall–Kier alpha value is -2.40. The van der Waals surface area contributed by atoms with Gasteiger partial charge < -0.3 is 10.2 Å². The van der Waals surface area contributed by atoms with Crippen molar-refractivity contribution in [1.29, 1.82) is 0 Å². The molecular formula is C19H18ClN3O2. The second-order valence-electron chi connectivity index (χ2n) is 6.83. The van der Waals surface area contributed by atoms with Gasteiger partial charge in [0.1, 0.15) is 0 Å². The molecule has 2 heterocycles. The number of hydrogen-bond acceptors (Lipinski definition) is 3. The normalized spacial score (nSPS) is 24.4. The molecular weight excluding hydrogens is 338 g/mol. The highest BCUT2D eigenvalue weighted by Gasteiger charge is 2.61. The first-order valence-corrected chi connectivity index (χ1v) is 8.71. The molecule has 1 saturated carbocycles. The third-order valence-corrected chi connectivity index (χ3v) is 5.45. The molecule has 1 aliphatic carbocycles. The zero-order valence-corrected chi connectivity index (χ0v) is 14.4. The van der Waals surface area contributed by atoms with E-state index in [2.05, 4.69) is 10.3 Å². The summed E-state index contributed by atoms with van der Waals surface area (Å²) in [4.78, 5) is 30.9. The van der Waals surface area contributed by atoms with Crippen molar-refractivity contribution in [3.63, 3.8) is 0 Å². The van der Waals surface area contributed by atoms with Crippen molar-refractivity contribution in [3.8, 4) is 0 Å². The molecule has 1 saturated heterocycles. The van der Waals surface area contributed by atoms with Crippen LogP contribution in [0.4, 0.5) is 5.69 Å². The van der Waals surface area contributed by atoms with Gasteiger partial charge in [-0.1, -0.05) is 11.6 Å². The van der Waals surface area contributed by atoms with Crippen molar-refractivity contribution in [2.45, 2.75) is 12.8 Å². The van der Waals surface area contributed by atoms with E-state index in [0.29, 0.717) is 29.4 Å². The van der Waals surface area contributed by atoms with Gasteiger partial charge >= 0.3 is 0 Å².